The van der Waals surface area contributed by atoms with E-state index in [1.54, 1.807) is 0 Å². The molecule has 0 spiro atoms. The summed E-state index contributed by atoms with van der Waals surface area (Å²) < 4.78 is 6.09. The standard InChI is InChI=1S/C21H35N3O2/c1-17-12-19(14-21(2,3)13-17)26-16-18(25)15-23-8-10-24(11-9-23)20-6-4-5-7-22-20/h4-7,17-19,25H,8-16H2,1-3H3/t17-,18+,19-/m0/s1. The topological polar surface area (TPSA) is 48.8 Å². The third-order valence-electron chi connectivity index (χ3n) is 5.69. The van der Waals surface area contributed by atoms with Crippen LogP contribution in [0.3, 0.4) is 0 Å². The van der Waals surface area contributed by atoms with Crippen LogP contribution in [0.2, 0.25) is 0 Å². The van der Waals surface area contributed by atoms with E-state index in [4.69, 9.17) is 4.74 Å². The Morgan fingerprint density at radius 2 is 2.00 bits per heavy atom. The van der Waals surface area contributed by atoms with Crippen molar-refractivity contribution < 1.29 is 9.84 Å². The number of hydrogen-bond donors (Lipinski definition) is 1. The molecule has 1 aliphatic carbocycles. The predicted octanol–water partition coefficient (Wildman–Crippen LogP) is 2.80. The van der Waals surface area contributed by atoms with Crippen molar-refractivity contribution in [2.45, 2.75) is 52.2 Å². The highest BCUT2D eigenvalue weighted by Crippen LogP contribution is 2.39. The van der Waals surface area contributed by atoms with E-state index >= 15 is 0 Å². The molecule has 0 aromatic carbocycles. The molecule has 3 atom stereocenters. The van der Waals surface area contributed by atoms with E-state index in [0.29, 0.717) is 30.6 Å². The summed E-state index contributed by atoms with van der Waals surface area (Å²) in [5.74, 6) is 1.76. The first kappa shape index (κ1) is 19.6. The van der Waals surface area contributed by atoms with Crippen LogP contribution >= 0.6 is 0 Å². The van der Waals surface area contributed by atoms with Crippen molar-refractivity contribution in [1.82, 2.24) is 9.88 Å². The number of nitrogens with zero attached hydrogens (tertiary/aromatic N) is 3. The third kappa shape index (κ3) is 5.66. The van der Waals surface area contributed by atoms with Crippen LogP contribution in [-0.2, 0) is 4.74 Å². The van der Waals surface area contributed by atoms with Crippen LogP contribution in [0.25, 0.3) is 0 Å². The van der Waals surface area contributed by atoms with Crippen LogP contribution in [-0.4, -0.2) is 66.5 Å². The van der Waals surface area contributed by atoms with Crippen LogP contribution in [0.1, 0.15) is 40.0 Å². The Labute approximate surface area is 158 Å². The monoisotopic (exact) mass is 361 g/mol. The molecule has 2 fully saturated rings. The minimum absolute atomic E-state index is 0.296. The first-order chi connectivity index (χ1) is 12.4. The van der Waals surface area contributed by atoms with Crippen molar-refractivity contribution in [3.63, 3.8) is 0 Å². The van der Waals surface area contributed by atoms with Gasteiger partial charge < -0.3 is 14.7 Å². The molecule has 1 N–H and O–H groups in total. The van der Waals surface area contributed by atoms with Gasteiger partial charge in [0, 0.05) is 38.9 Å². The van der Waals surface area contributed by atoms with E-state index in [-0.39, 0.29) is 0 Å². The fourth-order valence-corrected chi connectivity index (χ4v) is 4.68. The highest BCUT2D eigenvalue weighted by atomic mass is 16.5. The average Bonchev–Trinajstić information content (AvgIpc) is 2.60. The number of aliphatic hydroxyl groups excluding tert-OH is 1. The molecule has 1 saturated carbocycles. The molecule has 0 bridgehead atoms. The summed E-state index contributed by atoms with van der Waals surface area (Å²) in [6.45, 7) is 12.0. The van der Waals surface area contributed by atoms with Gasteiger partial charge in [0.05, 0.1) is 18.8 Å². The van der Waals surface area contributed by atoms with Gasteiger partial charge in [-0.2, -0.15) is 0 Å². The van der Waals surface area contributed by atoms with Gasteiger partial charge in [0.1, 0.15) is 5.82 Å². The summed E-state index contributed by atoms with van der Waals surface area (Å²) in [5.41, 5.74) is 0.356. The van der Waals surface area contributed by atoms with Gasteiger partial charge in [0.15, 0.2) is 0 Å². The van der Waals surface area contributed by atoms with Crippen molar-refractivity contribution in [3.8, 4) is 0 Å². The van der Waals surface area contributed by atoms with Gasteiger partial charge in [-0.3, -0.25) is 4.90 Å². The van der Waals surface area contributed by atoms with Gasteiger partial charge in [0.2, 0.25) is 0 Å². The summed E-state index contributed by atoms with van der Waals surface area (Å²) >= 11 is 0. The SMILES string of the molecule is C[C@H]1C[C@H](OC[C@H](O)CN2CCN(c3ccccn3)CC2)CC(C)(C)C1. The largest absolute Gasteiger partial charge is 0.389 e. The summed E-state index contributed by atoms with van der Waals surface area (Å²) in [4.78, 5) is 9.07. The van der Waals surface area contributed by atoms with E-state index < -0.39 is 6.10 Å². The number of anilines is 1. The second-order valence-corrected chi connectivity index (χ2v) is 9.00. The minimum Gasteiger partial charge on any atom is -0.389 e. The summed E-state index contributed by atoms with van der Waals surface area (Å²) in [6, 6.07) is 6.04. The molecule has 2 aliphatic rings. The van der Waals surface area contributed by atoms with Crippen LogP contribution in [0.15, 0.2) is 24.4 Å². The molecule has 0 amide bonds. The average molecular weight is 362 g/mol. The maximum atomic E-state index is 10.4. The first-order valence-corrected chi connectivity index (χ1v) is 10.1. The molecular weight excluding hydrogens is 326 g/mol. The number of ether oxygens (including phenoxy) is 1. The third-order valence-corrected chi connectivity index (χ3v) is 5.69. The number of aromatic nitrogens is 1. The lowest BCUT2D eigenvalue weighted by molar-refractivity contribution is -0.0615. The highest BCUT2D eigenvalue weighted by molar-refractivity contribution is 5.38. The Bertz CT molecular complexity index is 543. The zero-order chi connectivity index (χ0) is 18.6. The van der Waals surface area contributed by atoms with E-state index in [0.717, 1.165) is 44.8 Å². The van der Waals surface area contributed by atoms with Crippen molar-refractivity contribution in [1.29, 1.82) is 0 Å². The Balaban J connectivity index is 1.37. The van der Waals surface area contributed by atoms with Gasteiger partial charge in [-0.15, -0.1) is 0 Å². The minimum atomic E-state index is -0.406. The Morgan fingerprint density at radius 3 is 2.65 bits per heavy atom. The van der Waals surface area contributed by atoms with Gasteiger partial charge in [-0.05, 0) is 42.7 Å². The molecule has 146 valence electrons. The molecule has 5 nitrogen and oxygen atoms in total. The number of β-amino-alcohol motifs (C(OH)–C–C–N with tert-alkyl or cyclic N) is 1. The number of piperazine rings is 1. The number of aliphatic hydroxyl groups is 1. The van der Waals surface area contributed by atoms with E-state index in [1.807, 2.05) is 18.3 Å². The molecule has 5 heteroatoms. The lowest BCUT2D eigenvalue weighted by Gasteiger charge is -2.39. The van der Waals surface area contributed by atoms with Gasteiger partial charge in [0.25, 0.3) is 0 Å². The molecule has 0 radical (unpaired) electrons. The van der Waals surface area contributed by atoms with Gasteiger partial charge in [-0.25, -0.2) is 4.98 Å². The maximum absolute atomic E-state index is 10.4. The fourth-order valence-electron chi connectivity index (χ4n) is 4.68. The highest BCUT2D eigenvalue weighted by Gasteiger charge is 2.32. The molecule has 0 unspecified atom stereocenters. The molecule has 1 saturated heterocycles. The number of rotatable bonds is 6. The molecule has 1 aromatic heterocycles. The summed E-state index contributed by atoms with van der Waals surface area (Å²) in [7, 11) is 0. The summed E-state index contributed by atoms with van der Waals surface area (Å²) in [6.07, 6.45) is 5.24. The second-order valence-electron chi connectivity index (χ2n) is 9.00. The Kier molecular flexibility index (Phi) is 6.54. The van der Waals surface area contributed by atoms with Crippen LogP contribution in [0, 0.1) is 11.3 Å². The molecule has 26 heavy (non-hydrogen) atoms. The Morgan fingerprint density at radius 1 is 1.23 bits per heavy atom. The van der Waals surface area contributed by atoms with Gasteiger partial charge in [-0.1, -0.05) is 26.8 Å². The molecule has 1 aromatic rings. The van der Waals surface area contributed by atoms with E-state index in [9.17, 15) is 5.11 Å². The second kappa shape index (κ2) is 8.68. The van der Waals surface area contributed by atoms with Crippen molar-refractivity contribution in [3.05, 3.63) is 24.4 Å². The van der Waals surface area contributed by atoms with Crippen LogP contribution < -0.4 is 4.90 Å². The van der Waals surface area contributed by atoms with Crippen molar-refractivity contribution in [2.24, 2.45) is 11.3 Å². The zero-order valence-corrected chi connectivity index (χ0v) is 16.6. The fraction of sp³-hybridized carbons (Fsp3) is 0.762. The molecule has 3 rings (SSSR count). The smallest absolute Gasteiger partial charge is 0.128 e. The van der Waals surface area contributed by atoms with Crippen LogP contribution in [0.5, 0.6) is 0 Å². The van der Waals surface area contributed by atoms with Crippen molar-refractivity contribution in [2.75, 3.05) is 44.2 Å². The Hall–Kier alpha value is -1.17. The van der Waals surface area contributed by atoms with Crippen molar-refractivity contribution >= 4 is 5.82 Å². The number of pyridine rings is 1. The molecule has 2 heterocycles. The lowest BCUT2D eigenvalue weighted by atomic mass is 9.71. The first-order valence-electron chi connectivity index (χ1n) is 10.1. The zero-order valence-electron chi connectivity index (χ0n) is 16.6. The number of hydrogen-bond acceptors (Lipinski definition) is 5. The molecule has 1 aliphatic heterocycles. The molecular formula is C21H35N3O2. The normalized spacial score (nSPS) is 28.1. The van der Waals surface area contributed by atoms with Gasteiger partial charge >= 0.3 is 0 Å². The van der Waals surface area contributed by atoms with E-state index in [2.05, 4.69) is 41.6 Å². The van der Waals surface area contributed by atoms with E-state index in [1.165, 1.54) is 6.42 Å². The quantitative estimate of drug-likeness (QED) is 0.844. The van der Waals surface area contributed by atoms with Crippen LogP contribution in [0.4, 0.5) is 5.82 Å². The maximum Gasteiger partial charge on any atom is 0.128 e. The lowest BCUT2D eigenvalue weighted by Crippen LogP contribution is -2.49. The predicted molar refractivity (Wildman–Crippen MR) is 105 cm³/mol. The summed E-state index contributed by atoms with van der Waals surface area (Å²) in [5, 5.41) is 10.4.